The van der Waals surface area contributed by atoms with Crippen LogP contribution in [0.1, 0.15) is 43.7 Å². The fraction of sp³-hybridized carbons (Fsp3) is 0.250. The Morgan fingerprint density at radius 2 is 1.61 bits per heavy atom. The van der Waals surface area contributed by atoms with Crippen molar-refractivity contribution >= 4 is 40.8 Å². The van der Waals surface area contributed by atoms with Gasteiger partial charge in [-0.3, -0.25) is 14.4 Å². The molecule has 36 heavy (non-hydrogen) atoms. The summed E-state index contributed by atoms with van der Waals surface area (Å²) in [5.74, 6) is 0.265. The monoisotopic (exact) mass is 508 g/mol. The van der Waals surface area contributed by atoms with Gasteiger partial charge in [0.2, 0.25) is 5.91 Å². The van der Waals surface area contributed by atoms with Crippen molar-refractivity contribution in [1.29, 1.82) is 0 Å². The fourth-order valence-corrected chi connectivity index (χ4v) is 3.53. The van der Waals surface area contributed by atoms with E-state index in [2.05, 4.69) is 36.6 Å². The van der Waals surface area contributed by atoms with Crippen molar-refractivity contribution in [3.63, 3.8) is 0 Å². The first kappa shape index (κ1) is 26.8. The lowest BCUT2D eigenvalue weighted by Gasteiger charge is -2.15. The molecule has 0 aromatic heterocycles. The molecule has 0 saturated carbocycles. The second kappa shape index (κ2) is 12.7. The lowest BCUT2D eigenvalue weighted by Crippen LogP contribution is -2.22. The predicted molar refractivity (Wildman–Crippen MR) is 141 cm³/mol. The summed E-state index contributed by atoms with van der Waals surface area (Å²) in [6, 6.07) is 19.9. The fourth-order valence-electron chi connectivity index (χ4n) is 3.35. The van der Waals surface area contributed by atoms with Crippen molar-refractivity contribution in [2.75, 3.05) is 17.2 Å². The van der Waals surface area contributed by atoms with E-state index in [1.54, 1.807) is 48.5 Å². The summed E-state index contributed by atoms with van der Waals surface area (Å²) < 4.78 is 11.0. The Morgan fingerprint density at radius 1 is 0.889 bits per heavy atom. The van der Waals surface area contributed by atoms with Gasteiger partial charge in [-0.2, -0.15) is 0 Å². The second-order valence-electron chi connectivity index (χ2n) is 8.56. The lowest BCUT2D eigenvalue weighted by molar-refractivity contribution is -0.147. The van der Waals surface area contributed by atoms with Crippen molar-refractivity contribution in [2.45, 2.75) is 39.5 Å². The van der Waals surface area contributed by atoms with Gasteiger partial charge in [-0.25, -0.2) is 0 Å². The molecule has 0 saturated heterocycles. The van der Waals surface area contributed by atoms with E-state index in [1.165, 1.54) is 0 Å². The average molecular weight is 509 g/mol. The number of anilines is 2. The van der Waals surface area contributed by atoms with Crippen LogP contribution in [0.3, 0.4) is 0 Å². The van der Waals surface area contributed by atoms with E-state index in [4.69, 9.17) is 21.1 Å². The zero-order valence-corrected chi connectivity index (χ0v) is 21.2. The van der Waals surface area contributed by atoms with Crippen molar-refractivity contribution in [2.24, 2.45) is 0 Å². The minimum Gasteiger partial charge on any atom is -0.457 e. The van der Waals surface area contributed by atoms with Crippen LogP contribution in [0.2, 0.25) is 5.02 Å². The first-order chi connectivity index (χ1) is 17.2. The molecule has 0 fully saturated rings. The maximum atomic E-state index is 12.2. The third-order valence-corrected chi connectivity index (χ3v) is 5.55. The number of para-hydroxylation sites is 1. The molecule has 0 heterocycles. The molecule has 2 N–H and O–H groups in total. The molecule has 0 aliphatic carbocycles. The van der Waals surface area contributed by atoms with Gasteiger partial charge in [0, 0.05) is 12.1 Å². The van der Waals surface area contributed by atoms with E-state index in [9.17, 15) is 14.4 Å². The van der Waals surface area contributed by atoms with Crippen LogP contribution in [-0.4, -0.2) is 24.4 Å². The molecule has 188 valence electrons. The van der Waals surface area contributed by atoms with Crippen molar-refractivity contribution < 1.29 is 23.9 Å². The third kappa shape index (κ3) is 8.13. The van der Waals surface area contributed by atoms with Gasteiger partial charge in [-0.15, -0.1) is 0 Å². The van der Waals surface area contributed by atoms with Crippen LogP contribution in [0.5, 0.6) is 11.5 Å². The highest BCUT2D eigenvalue weighted by molar-refractivity contribution is 6.33. The number of halogens is 1. The van der Waals surface area contributed by atoms with Crippen LogP contribution in [0.4, 0.5) is 11.4 Å². The molecule has 0 spiro atoms. The highest BCUT2D eigenvalue weighted by Gasteiger charge is 2.13. The Kier molecular flexibility index (Phi) is 9.47. The van der Waals surface area contributed by atoms with Gasteiger partial charge >= 0.3 is 5.97 Å². The molecule has 0 radical (unpaired) electrons. The molecule has 3 aromatic rings. The zero-order chi connectivity index (χ0) is 26.1. The second-order valence-corrected chi connectivity index (χ2v) is 8.97. The smallest absolute Gasteiger partial charge is 0.306 e. The molecule has 2 amide bonds. The van der Waals surface area contributed by atoms with Crippen LogP contribution in [0.15, 0.2) is 66.7 Å². The summed E-state index contributed by atoms with van der Waals surface area (Å²) in [5, 5.41) is 5.67. The summed E-state index contributed by atoms with van der Waals surface area (Å²) in [5.41, 5.74) is 3.23. The number of esters is 1. The van der Waals surface area contributed by atoms with Crippen molar-refractivity contribution in [3.8, 4) is 11.5 Å². The Labute approximate surface area is 215 Å². The largest absolute Gasteiger partial charge is 0.457 e. The maximum Gasteiger partial charge on any atom is 0.306 e. The number of ether oxygens (including phenoxy) is 2. The number of hydrogen-bond donors (Lipinski definition) is 2. The Balaban J connectivity index is 1.42. The molecule has 0 aliphatic heterocycles. The summed E-state index contributed by atoms with van der Waals surface area (Å²) in [4.78, 5) is 36.1. The quantitative estimate of drug-likeness (QED) is 0.306. The Bertz CT molecular complexity index is 1220. The van der Waals surface area contributed by atoms with Gasteiger partial charge in [0.15, 0.2) is 6.61 Å². The van der Waals surface area contributed by atoms with Gasteiger partial charge in [-0.05, 0) is 66.4 Å². The maximum absolute atomic E-state index is 12.2. The third-order valence-electron chi connectivity index (χ3n) is 5.23. The summed E-state index contributed by atoms with van der Waals surface area (Å²) in [6.07, 6.45) is -0.234. The minimum atomic E-state index is -0.651. The first-order valence-electron chi connectivity index (χ1n) is 11.6. The molecule has 3 rings (SSSR count). The van der Waals surface area contributed by atoms with Crippen LogP contribution in [0.25, 0.3) is 0 Å². The minimum absolute atomic E-state index is 0.0791. The highest BCUT2D eigenvalue weighted by Crippen LogP contribution is 2.32. The lowest BCUT2D eigenvalue weighted by atomic mass is 10.0. The number of aryl methyl sites for hydroxylation is 1. The molecule has 0 aliphatic rings. The standard InChI is InChI=1S/C28H29ClN2O5/c1-18(2)22-13-8-19(3)16-25(22)36-21-11-9-20(10-12-21)30-26(32)14-15-28(34)35-17-27(33)31-24-7-5-4-6-23(24)29/h4-13,16,18H,14-15,17H2,1-3H3,(H,30,32)(H,31,33). The number of rotatable bonds is 10. The van der Waals surface area contributed by atoms with Crippen molar-refractivity contribution in [1.82, 2.24) is 0 Å². The number of nitrogens with one attached hydrogen (secondary N) is 2. The van der Waals surface area contributed by atoms with Gasteiger partial charge in [0.1, 0.15) is 11.5 Å². The van der Waals surface area contributed by atoms with Crippen LogP contribution >= 0.6 is 11.6 Å². The number of benzene rings is 3. The molecule has 0 unspecified atom stereocenters. The first-order valence-corrected chi connectivity index (χ1v) is 12.0. The molecule has 8 heteroatoms. The number of amides is 2. The zero-order valence-electron chi connectivity index (χ0n) is 20.5. The summed E-state index contributed by atoms with van der Waals surface area (Å²) in [6.45, 7) is 5.77. The van der Waals surface area contributed by atoms with E-state index in [0.29, 0.717) is 28.1 Å². The summed E-state index contributed by atoms with van der Waals surface area (Å²) >= 11 is 5.98. The van der Waals surface area contributed by atoms with Gasteiger partial charge in [-0.1, -0.05) is 49.7 Å². The van der Waals surface area contributed by atoms with E-state index in [-0.39, 0.29) is 18.7 Å². The van der Waals surface area contributed by atoms with Crippen LogP contribution < -0.4 is 15.4 Å². The van der Waals surface area contributed by atoms with E-state index in [1.807, 2.05) is 13.0 Å². The van der Waals surface area contributed by atoms with Crippen molar-refractivity contribution in [3.05, 3.63) is 82.9 Å². The predicted octanol–water partition coefficient (Wildman–Crippen LogP) is 6.46. The highest BCUT2D eigenvalue weighted by atomic mass is 35.5. The van der Waals surface area contributed by atoms with Crippen LogP contribution in [0, 0.1) is 6.92 Å². The van der Waals surface area contributed by atoms with Gasteiger partial charge in [0.05, 0.1) is 17.1 Å². The summed E-state index contributed by atoms with van der Waals surface area (Å²) in [7, 11) is 0. The van der Waals surface area contributed by atoms with Gasteiger partial charge < -0.3 is 20.1 Å². The Morgan fingerprint density at radius 3 is 2.31 bits per heavy atom. The number of carbonyl (C=O) groups excluding carboxylic acids is 3. The topological polar surface area (TPSA) is 93.7 Å². The average Bonchev–Trinajstić information content (AvgIpc) is 2.84. The normalized spacial score (nSPS) is 10.6. The molecule has 3 aromatic carbocycles. The SMILES string of the molecule is Cc1ccc(C(C)C)c(Oc2ccc(NC(=O)CCC(=O)OCC(=O)Nc3ccccc3Cl)cc2)c1. The van der Waals surface area contributed by atoms with E-state index in [0.717, 1.165) is 16.9 Å². The molecular weight excluding hydrogens is 480 g/mol. The van der Waals surface area contributed by atoms with Gasteiger partial charge in [0.25, 0.3) is 5.91 Å². The molecular formula is C28H29ClN2O5. The Hall–Kier alpha value is -3.84. The number of carbonyl (C=O) groups is 3. The van der Waals surface area contributed by atoms with E-state index >= 15 is 0 Å². The van der Waals surface area contributed by atoms with Crippen LogP contribution in [-0.2, 0) is 19.1 Å². The van der Waals surface area contributed by atoms with E-state index < -0.39 is 18.5 Å². The number of hydrogen-bond acceptors (Lipinski definition) is 5. The molecule has 7 nitrogen and oxygen atoms in total. The molecule has 0 bridgehead atoms. The molecule has 0 atom stereocenters.